The third-order valence-corrected chi connectivity index (χ3v) is 2.30. The molecule has 5 heteroatoms. The summed E-state index contributed by atoms with van der Waals surface area (Å²) in [6.07, 6.45) is 0.131. The highest BCUT2D eigenvalue weighted by Gasteiger charge is 2.13. The van der Waals surface area contributed by atoms with E-state index in [0.29, 0.717) is 19.6 Å². The van der Waals surface area contributed by atoms with Crippen LogP contribution in [0.2, 0.25) is 0 Å². The van der Waals surface area contributed by atoms with Crippen LogP contribution in [0.25, 0.3) is 0 Å². The zero-order chi connectivity index (χ0) is 12.5. The van der Waals surface area contributed by atoms with Gasteiger partial charge >= 0.3 is 0 Å². The van der Waals surface area contributed by atoms with Gasteiger partial charge in [0, 0.05) is 13.5 Å². The van der Waals surface area contributed by atoms with E-state index in [9.17, 15) is 0 Å². The van der Waals surface area contributed by atoms with E-state index in [1.54, 1.807) is 7.11 Å². The van der Waals surface area contributed by atoms with Crippen molar-refractivity contribution in [2.24, 2.45) is 10.9 Å². The summed E-state index contributed by atoms with van der Waals surface area (Å²) in [5, 5.41) is 11.6. The average Bonchev–Trinajstić information content (AvgIpc) is 2.38. The highest BCUT2D eigenvalue weighted by Crippen LogP contribution is 2.20. The van der Waals surface area contributed by atoms with Gasteiger partial charge in [0.1, 0.15) is 5.84 Å². The Hall–Kier alpha value is -1.59. The highest BCUT2D eigenvalue weighted by atomic mass is 16.5. The van der Waals surface area contributed by atoms with Crippen LogP contribution >= 0.6 is 0 Å². The van der Waals surface area contributed by atoms with Crippen LogP contribution in [-0.2, 0) is 9.47 Å². The normalized spacial score (nSPS) is 13.6. The molecule has 17 heavy (non-hydrogen) atoms. The van der Waals surface area contributed by atoms with Crippen molar-refractivity contribution in [1.29, 1.82) is 0 Å². The van der Waals surface area contributed by atoms with Gasteiger partial charge in [-0.3, -0.25) is 0 Å². The van der Waals surface area contributed by atoms with Gasteiger partial charge in [-0.05, 0) is 5.56 Å². The maximum atomic E-state index is 8.58. The Morgan fingerprint density at radius 3 is 2.65 bits per heavy atom. The molecule has 0 saturated carbocycles. The van der Waals surface area contributed by atoms with E-state index in [2.05, 4.69) is 5.16 Å². The number of methoxy groups -OCH3 is 1. The molecule has 5 nitrogen and oxygen atoms in total. The Morgan fingerprint density at radius 2 is 2.06 bits per heavy atom. The largest absolute Gasteiger partial charge is 0.409 e. The van der Waals surface area contributed by atoms with Crippen LogP contribution in [0.15, 0.2) is 35.5 Å². The van der Waals surface area contributed by atoms with Gasteiger partial charge in [-0.2, -0.15) is 0 Å². The molecule has 0 bridgehead atoms. The standard InChI is InChI=1S/C12H18N2O3/c1-16-7-8-17-11(9-12(13)14-15)10-5-3-2-4-6-10/h2-6,11,15H,7-9H2,1H3,(H2,13,14). The predicted molar refractivity (Wildman–Crippen MR) is 65.0 cm³/mol. The van der Waals surface area contributed by atoms with Crippen LogP contribution < -0.4 is 5.73 Å². The smallest absolute Gasteiger partial charge is 0.142 e. The van der Waals surface area contributed by atoms with Gasteiger partial charge in [-0.1, -0.05) is 35.5 Å². The van der Waals surface area contributed by atoms with Crippen molar-refractivity contribution in [1.82, 2.24) is 0 Å². The van der Waals surface area contributed by atoms with E-state index in [0.717, 1.165) is 5.56 Å². The minimum Gasteiger partial charge on any atom is -0.409 e. The van der Waals surface area contributed by atoms with Gasteiger partial charge < -0.3 is 20.4 Å². The zero-order valence-electron chi connectivity index (χ0n) is 9.87. The summed E-state index contributed by atoms with van der Waals surface area (Å²) in [5.74, 6) is 0.149. The Bertz CT molecular complexity index is 341. The number of nitrogens with zero attached hydrogens (tertiary/aromatic N) is 1. The van der Waals surface area contributed by atoms with E-state index in [1.165, 1.54) is 0 Å². The molecule has 0 aliphatic carbocycles. The van der Waals surface area contributed by atoms with Crippen molar-refractivity contribution in [3.63, 3.8) is 0 Å². The number of nitrogens with two attached hydrogens (primary N) is 1. The summed E-state index contributed by atoms with van der Waals surface area (Å²) in [4.78, 5) is 0. The minimum absolute atomic E-state index is 0.149. The number of oxime groups is 1. The summed E-state index contributed by atoms with van der Waals surface area (Å²) in [7, 11) is 1.62. The molecule has 0 aromatic heterocycles. The first-order valence-electron chi connectivity index (χ1n) is 5.39. The monoisotopic (exact) mass is 238 g/mol. The molecule has 0 spiro atoms. The van der Waals surface area contributed by atoms with E-state index >= 15 is 0 Å². The van der Waals surface area contributed by atoms with Crippen LogP contribution in [0.5, 0.6) is 0 Å². The number of rotatable bonds is 7. The lowest BCUT2D eigenvalue weighted by molar-refractivity contribution is 0.0194. The molecule has 3 N–H and O–H groups in total. The lowest BCUT2D eigenvalue weighted by Crippen LogP contribution is -2.19. The van der Waals surface area contributed by atoms with Crippen LogP contribution in [0.3, 0.4) is 0 Å². The van der Waals surface area contributed by atoms with Gasteiger partial charge in [0.05, 0.1) is 19.3 Å². The molecule has 1 atom stereocenters. The van der Waals surface area contributed by atoms with Crippen molar-refractivity contribution >= 4 is 5.84 Å². The molecule has 0 heterocycles. The van der Waals surface area contributed by atoms with Crippen molar-refractivity contribution < 1.29 is 14.7 Å². The van der Waals surface area contributed by atoms with Crippen molar-refractivity contribution in [3.05, 3.63) is 35.9 Å². The molecule has 0 aliphatic heterocycles. The number of hydrogen-bond donors (Lipinski definition) is 2. The van der Waals surface area contributed by atoms with Crippen molar-refractivity contribution in [3.8, 4) is 0 Å². The van der Waals surface area contributed by atoms with Gasteiger partial charge in [-0.25, -0.2) is 0 Å². The highest BCUT2D eigenvalue weighted by molar-refractivity contribution is 5.80. The molecule has 0 saturated heterocycles. The summed E-state index contributed by atoms with van der Waals surface area (Å²) in [6, 6.07) is 9.67. The van der Waals surface area contributed by atoms with Crippen LogP contribution in [0, 0.1) is 0 Å². The zero-order valence-corrected chi connectivity index (χ0v) is 9.87. The fourth-order valence-corrected chi connectivity index (χ4v) is 1.45. The Kier molecular flexibility index (Phi) is 6.06. The molecular formula is C12H18N2O3. The van der Waals surface area contributed by atoms with Gasteiger partial charge in [-0.15, -0.1) is 0 Å². The second kappa shape index (κ2) is 7.65. The van der Waals surface area contributed by atoms with E-state index < -0.39 is 0 Å². The maximum absolute atomic E-state index is 8.58. The summed E-state index contributed by atoms with van der Waals surface area (Å²) in [6.45, 7) is 0.980. The van der Waals surface area contributed by atoms with Gasteiger partial charge in [0.2, 0.25) is 0 Å². The van der Waals surface area contributed by atoms with Crippen LogP contribution in [-0.4, -0.2) is 31.4 Å². The third kappa shape index (κ3) is 4.84. The third-order valence-electron chi connectivity index (χ3n) is 2.30. The second-order valence-corrected chi connectivity index (χ2v) is 3.56. The Balaban J connectivity index is 2.65. The molecule has 0 fully saturated rings. The average molecular weight is 238 g/mol. The second-order valence-electron chi connectivity index (χ2n) is 3.56. The number of ether oxygens (including phenoxy) is 2. The number of benzene rings is 1. The fraction of sp³-hybridized carbons (Fsp3) is 0.417. The molecule has 1 aromatic rings. The molecular weight excluding hydrogens is 220 g/mol. The van der Waals surface area contributed by atoms with E-state index in [1.807, 2.05) is 30.3 Å². The van der Waals surface area contributed by atoms with Gasteiger partial charge in [0.15, 0.2) is 0 Å². The van der Waals surface area contributed by atoms with Crippen LogP contribution in [0.1, 0.15) is 18.1 Å². The first-order chi connectivity index (χ1) is 8.27. The minimum atomic E-state index is -0.220. The Labute approximate surface area is 101 Å². The molecule has 1 unspecified atom stereocenters. The molecule has 0 amide bonds. The fourth-order valence-electron chi connectivity index (χ4n) is 1.45. The molecule has 0 aliphatic rings. The SMILES string of the molecule is COCCOC(CC(N)=NO)c1ccccc1. The topological polar surface area (TPSA) is 77.1 Å². The van der Waals surface area contributed by atoms with Crippen molar-refractivity contribution in [2.45, 2.75) is 12.5 Å². The first-order valence-corrected chi connectivity index (χ1v) is 5.39. The lowest BCUT2D eigenvalue weighted by Gasteiger charge is -2.17. The quantitative estimate of drug-likeness (QED) is 0.248. The molecule has 1 rings (SSSR count). The summed E-state index contributed by atoms with van der Waals surface area (Å²) < 4.78 is 10.6. The molecule has 1 aromatic carbocycles. The van der Waals surface area contributed by atoms with E-state index in [4.69, 9.17) is 20.4 Å². The molecule has 94 valence electrons. The predicted octanol–water partition coefficient (Wildman–Crippen LogP) is 1.53. The maximum Gasteiger partial charge on any atom is 0.142 e. The molecule has 0 radical (unpaired) electrons. The van der Waals surface area contributed by atoms with Crippen LogP contribution in [0.4, 0.5) is 0 Å². The summed E-state index contributed by atoms with van der Waals surface area (Å²) in [5.41, 5.74) is 6.50. The van der Waals surface area contributed by atoms with Gasteiger partial charge in [0.25, 0.3) is 0 Å². The first kappa shape index (κ1) is 13.5. The van der Waals surface area contributed by atoms with Crippen molar-refractivity contribution in [2.75, 3.05) is 20.3 Å². The Morgan fingerprint density at radius 1 is 1.35 bits per heavy atom. The van der Waals surface area contributed by atoms with E-state index in [-0.39, 0.29) is 11.9 Å². The lowest BCUT2D eigenvalue weighted by atomic mass is 10.1. The number of hydrogen-bond acceptors (Lipinski definition) is 4. The number of amidine groups is 1. The summed E-state index contributed by atoms with van der Waals surface area (Å²) >= 11 is 0.